The van der Waals surface area contributed by atoms with Gasteiger partial charge in [0.15, 0.2) is 0 Å². The number of nitrogens with two attached hydrogens (primary N) is 2. The summed E-state index contributed by atoms with van der Waals surface area (Å²) < 4.78 is 0. The Morgan fingerprint density at radius 1 is 0.692 bits per heavy atom. The number of hydrogen-bond acceptors (Lipinski definition) is 7. The van der Waals surface area contributed by atoms with Crippen LogP contribution in [0.2, 0.25) is 0 Å². The molecule has 0 saturated carbocycles. The number of aromatic amines is 2. The first kappa shape index (κ1) is 37.7. The van der Waals surface area contributed by atoms with E-state index in [4.69, 9.17) is 11.5 Å². The van der Waals surface area contributed by atoms with E-state index in [-0.39, 0.29) is 56.9 Å². The fourth-order valence-corrected chi connectivity index (χ4v) is 6.35. The molecule has 0 unspecified atom stereocenters. The van der Waals surface area contributed by atoms with Crippen LogP contribution in [0.25, 0.3) is 21.8 Å². The lowest BCUT2D eigenvalue weighted by atomic mass is 10.1. The van der Waals surface area contributed by atoms with Crippen LogP contribution in [0.4, 0.5) is 0 Å². The molecule has 0 aliphatic carbocycles. The molecule has 3 heterocycles. The highest BCUT2D eigenvalue weighted by atomic mass is 16.2. The third-order valence-electron chi connectivity index (χ3n) is 9.19. The van der Waals surface area contributed by atoms with Crippen molar-refractivity contribution in [3.8, 4) is 0 Å². The van der Waals surface area contributed by atoms with Gasteiger partial charge in [-0.25, -0.2) is 0 Å². The maximum Gasteiger partial charge on any atom is 0.242 e. The van der Waals surface area contributed by atoms with E-state index >= 15 is 0 Å². The predicted octanol–water partition coefficient (Wildman–Crippen LogP) is 2.72. The minimum atomic E-state index is -0.423. The number of unbranched alkanes of at least 4 members (excludes halogenated alkanes) is 1. The number of hydrogen-bond donors (Lipinski definition) is 5. The lowest BCUT2D eigenvalue weighted by Crippen LogP contribution is -2.50. The fraction of sp³-hybridized carbons (Fsp3) is 0.359. The van der Waals surface area contributed by atoms with Crippen LogP contribution in [0.1, 0.15) is 36.0 Å². The molecule has 2 aromatic carbocycles. The number of H-pyrrole nitrogens is 2. The van der Waals surface area contributed by atoms with Gasteiger partial charge in [0.25, 0.3) is 0 Å². The summed E-state index contributed by atoms with van der Waals surface area (Å²) in [5.41, 5.74) is 16.4. The van der Waals surface area contributed by atoms with E-state index in [2.05, 4.69) is 20.3 Å². The maximum atomic E-state index is 14.1. The molecule has 3 aromatic heterocycles. The Hall–Kier alpha value is -5.53. The number of nitrogens with zero attached hydrogens (tertiary/aromatic N) is 4. The van der Waals surface area contributed by atoms with E-state index < -0.39 is 5.91 Å². The number of fused-ring (bicyclic) bond motifs is 2. The summed E-state index contributed by atoms with van der Waals surface area (Å²) in [7, 11) is 0. The monoisotopic (exact) mass is 707 g/mol. The van der Waals surface area contributed by atoms with Gasteiger partial charge in [-0.2, -0.15) is 0 Å². The van der Waals surface area contributed by atoms with Crippen molar-refractivity contribution in [2.24, 2.45) is 11.5 Å². The van der Waals surface area contributed by atoms with Gasteiger partial charge in [-0.05, 0) is 60.6 Å². The molecular weight excluding hydrogens is 658 g/mol. The van der Waals surface area contributed by atoms with Crippen LogP contribution in [0.5, 0.6) is 0 Å². The lowest BCUT2D eigenvalue weighted by Gasteiger charge is -2.30. The Bertz CT molecular complexity index is 1920. The molecule has 0 aliphatic rings. The van der Waals surface area contributed by atoms with Crippen LogP contribution in [0.15, 0.2) is 85.5 Å². The molecule has 0 radical (unpaired) electrons. The Kier molecular flexibility index (Phi) is 13.9. The average Bonchev–Trinajstić information content (AvgIpc) is 3.77. The summed E-state index contributed by atoms with van der Waals surface area (Å²) in [6.07, 6.45) is 9.59. The average molecular weight is 708 g/mol. The lowest BCUT2D eigenvalue weighted by molar-refractivity contribution is -0.144. The zero-order valence-corrected chi connectivity index (χ0v) is 29.6. The molecule has 0 bridgehead atoms. The van der Waals surface area contributed by atoms with Crippen molar-refractivity contribution >= 4 is 45.4 Å². The number of nitrogens with one attached hydrogen (secondary N) is 3. The van der Waals surface area contributed by atoms with Crippen LogP contribution in [-0.2, 0) is 38.6 Å². The zero-order valence-electron chi connectivity index (χ0n) is 29.6. The number of rotatable bonds is 21. The number of amides is 4. The Morgan fingerprint density at radius 2 is 1.29 bits per heavy atom. The summed E-state index contributed by atoms with van der Waals surface area (Å²) in [4.78, 5) is 68.4. The van der Waals surface area contributed by atoms with Crippen LogP contribution in [-0.4, -0.2) is 106 Å². The highest BCUT2D eigenvalue weighted by Crippen LogP contribution is 2.20. The van der Waals surface area contributed by atoms with Crippen LogP contribution in [0, 0.1) is 0 Å². The molecule has 4 amide bonds. The number of carbonyl (C=O) groups excluding carboxylic acids is 4. The number of benzene rings is 2. The van der Waals surface area contributed by atoms with E-state index in [1.165, 1.54) is 4.90 Å². The van der Waals surface area contributed by atoms with Crippen LogP contribution >= 0.6 is 0 Å². The molecule has 5 rings (SSSR count). The third-order valence-corrected chi connectivity index (χ3v) is 9.19. The minimum Gasteiger partial charge on any atom is -0.370 e. The zero-order chi connectivity index (χ0) is 36.7. The van der Waals surface area contributed by atoms with E-state index in [1.54, 1.807) is 22.2 Å². The summed E-state index contributed by atoms with van der Waals surface area (Å²) in [6.45, 7) is 1.66. The van der Waals surface area contributed by atoms with Crippen LogP contribution < -0.4 is 16.8 Å². The number of para-hydroxylation sites is 2. The Morgan fingerprint density at radius 3 is 1.88 bits per heavy atom. The normalized spacial score (nSPS) is 11.2. The van der Waals surface area contributed by atoms with Crippen molar-refractivity contribution < 1.29 is 19.2 Å². The van der Waals surface area contributed by atoms with Gasteiger partial charge in [-0.15, -0.1) is 0 Å². The molecular formula is C39H49N9O4. The van der Waals surface area contributed by atoms with Crippen LogP contribution in [0.3, 0.4) is 0 Å². The highest BCUT2D eigenvalue weighted by molar-refractivity contribution is 5.89. The summed E-state index contributed by atoms with van der Waals surface area (Å²) in [5, 5.41) is 5.34. The summed E-state index contributed by atoms with van der Waals surface area (Å²) in [5.74, 6) is -1.24. The van der Waals surface area contributed by atoms with Crippen molar-refractivity contribution in [1.82, 2.24) is 35.0 Å². The Labute approximate surface area is 303 Å². The van der Waals surface area contributed by atoms with Gasteiger partial charge in [0.05, 0.1) is 19.6 Å². The largest absolute Gasteiger partial charge is 0.370 e. The quantitative estimate of drug-likeness (QED) is 0.0726. The maximum absolute atomic E-state index is 14.1. The van der Waals surface area contributed by atoms with E-state index in [0.717, 1.165) is 38.5 Å². The van der Waals surface area contributed by atoms with Gasteiger partial charge in [-0.3, -0.25) is 24.2 Å². The van der Waals surface area contributed by atoms with Crippen molar-refractivity contribution in [3.05, 3.63) is 102 Å². The molecule has 7 N–H and O–H groups in total. The Balaban J connectivity index is 1.28. The molecule has 0 saturated heterocycles. The first-order chi connectivity index (χ1) is 25.3. The molecule has 0 spiro atoms. The molecule has 0 atom stereocenters. The predicted molar refractivity (Wildman–Crippen MR) is 202 cm³/mol. The first-order valence-corrected chi connectivity index (χ1v) is 17.8. The number of pyridine rings is 1. The number of carbonyl (C=O) groups is 4. The standard InChI is InChI=1S/C39H49N9O4/c40-16-21-46(19-14-30-24-44-34-11-3-1-9-32(30)34)38(51)27-47(18-6-5-13-36(41)49)39(52)28-48(37(50)26-43-23-29-8-7-17-42-22-29)20-15-31-25-45-35-12-4-2-10-33(31)35/h1-4,7-12,17,22,24-25,43-45H,5-6,13-16,18-21,23,26-28,40H2,(H2,41,49). The summed E-state index contributed by atoms with van der Waals surface area (Å²) in [6, 6.07) is 19.7. The van der Waals surface area contributed by atoms with Crippen molar-refractivity contribution in [3.63, 3.8) is 0 Å². The highest BCUT2D eigenvalue weighted by Gasteiger charge is 2.25. The molecule has 0 fully saturated rings. The van der Waals surface area contributed by atoms with Gasteiger partial charge in [0.1, 0.15) is 0 Å². The second-order valence-corrected chi connectivity index (χ2v) is 12.9. The van der Waals surface area contributed by atoms with Gasteiger partial charge < -0.3 is 41.5 Å². The van der Waals surface area contributed by atoms with Crippen molar-refractivity contribution in [2.75, 3.05) is 52.4 Å². The second kappa shape index (κ2) is 19.2. The molecule has 52 heavy (non-hydrogen) atoms. The molecule has 13 heteroatoms. The van der Waals surface area contributed by atoms with E-state index in [0.29, 0.717) is 51.9 Å². The SMILES string of the molecule is NCCN(CCc1c[nH]c2ccccc12)C(=O)CN(CCCCC(N)=O)C(=O)CN(CCc1c[nH]c2ccccc12)C(=O)CNCc1cccnc1. The van der Waals surface area contributed by atoms with Gasteiger partial charge in [0, 0.05) is 92.3 Å². The smallest absolute Gasteiger partial charge is 0.242 e. The van der Waals surface area contributed by atoms with Gasteiger partial charge in [0.2, 0.25) is 23.6 Å². The van der Waals surface area contributed by atoms with Crippen molar-refractivity contribution in [1.29, 1.82) is 0 Å². The summed E-state index contributed by atoms with van der Waals surface area (Å²) >= 11 is 0. The van der Waals surface area contributed by atoms with Gasteiger partial charge >= 0.3 is 0 Å². The van der Waals surface area contributed by atoms with Crippen molar-refractivity contribution in [2.45, 2.75) is 38.6 Å². The molecule has 274 valence electrons. The fourth-order valence-electron chi connectivity index (χ4n) is 6.35. The topological polar surface area (TPSA) is 187 Å². The third kappa shape index (κ3) is 10.7. The first-order valence-electron chi connectivity index (χ1n) is 17.8. The number of primary amides is 1. The second-order valence-electron chi connectivity index (χ2n) is 12.9. The van der Waals surface area contributed by atoms with E-state index in [1.807, 2.05) is 73.1 Å². The van der Waals surface area contributed by atoms with Gasteiger partial charge in [-0.1, -0.05) is 42.5 Å². The minimum absolute atomic E-state index is 0.0196. The number of aromatic nitrogens is 3. The molecule has 13 nitrogen and oxygen atoms in total. The molecule has 5 aromatic rings. The molecule has 0 aliphatic heterocycles. The van der Waals surface area contributed by atoms with E-state index in [9.17, 15) is 19.2 Å².